The second-order valence-corrected chi connectivity index (χ2v) is 4.17. The summed E-state index contributed by atoms with van der Waals surface area (Å²) in [4.78, 5) is 18.6. The zero-order valence-electron chi connectivity index (χ0n) is 9.77. The largest absolute Gasteiger partial charge is 0.493 e. The van der Waals surface area contributed by atoms with Crippen molar-refractivity contribution in [2.45, 2.75) is 19.8 Å². The predicted molar refractivity (Wildman–Crippen MR) is 66.0 cm³/mol. The van der Waals surface area contributed by atoms with Crippen LogP contribution in [0, 0.1) is 0 Å². The monoisotopic (exact) mass is 230 g/mol. The summed E-state index contributed by atoms with van der Waals surface area (Å²) in [7, 11) is 0. The van der Waals surface area contributed by atoms with Crippen LogP contribution in [0.4, 0.5) is 0 Å². The SMILES string of the molecule is CC(C)c1nc(O)c(-c2ccccc2)c(=O)[nH]1. The Morgan fingerprint density at radius 3 is 2.41 bits per heavy atom. The lowest BCUT2D eigenvalue weighted by Gasteiger charge is -2.07. The Morgan fingerprint density at radius 2 is 1.88 bits per heavy atom. The molecule has 2 aromatic rings. The molecular formula is C13H14N2O2. The first-order valence-corrected chi connectivity index (χ1v) is 5.48. The van der Waals surface area contributed by atoms with Gasteiger partial charge in [0, 0.05) is 5.92 Å². The number of H-pyrrole nitrogens is 1. The minimum atomic E-state index is -0.313. The van der Waals surface area contributed by atoms with Crippen molar-refractivity contribution in [3.8, 4) is 17.0 Å². The van der Waals surface area contributed by atoms with E-state index in [2.05, 4.69) is 9.97 Å². The van der Waals surface area contributed by atoms with Crippen LogP contribution in [-0.4, -0.2) is 15.1 Å². The molecule has 0 spiro atoms. The topological polar surface area (TPSA) is 66.0 Å². The summed E-state index contributed by atoms with van der Waals surface area (Å²) in [5, 5.41) is 9.84. The lowest BCUT2D eigenvalue weighted by atomic mass is 10.1. The van der Waals surface area contributed by atoms with Gasteiger partial charge in [-0.05, 0) is 5.56 Å². The summed E-state index contributed by atoms with van der Waals surface area (Å²) >= 11 is 0. The highest BCUT2D eigenvalue weighted by atomic mass is 16.3. The molecule has 1 heterocycles. The molecule has 0 aliphatic carbocycles. The van der Waals surface area contributed by atoms with Crippen molar-refractivity contribution in [1.82, 2.24) is 9.97 Å². The van der Waals surface area contributed by atoms with E-state index < -0.39 is 0 Å². The third-order valence-corrected chi connectivity index (χ3v) is 2.53. The van der Waals surface area contributed by atoms with Gasteiger partial charge < -0.3 is 10.1 Å². The Morgan fingerprint density at radius 1 is 1.24 bits per heavy atom. The van der Waals surface area contributed by atoms with Gasteiger partial charge in [0.1, 0.15) is 11.4 Å². The lowest BCUT2D eigenvalue weighted by Crippen LogP contribution is -2.14. The standard InChI is InChI=1S/C13H14N2O2/c1-8(2)11-14-12(16)10(13(17)15-11)9-6-4-3-5-7-9/h3-8H,1-2H3,(H2,14,15,16,17). The normalized spacial score (nSPS) is 10.8. The minimum Gasteiger partial charge on any atom is -0.493 e. The van der Waals surface area contributed by atoms with Crippen LogP contribution in [0.5, 0.6) is 5.88 Å². The van der Waals surface area contributed by atoms with Gasteiger partial charge in [0.25, 0.3) is 5.56 Å². The molecule has 0 aliphatic heterocycles. The average molecular weight is 230 g/mol. The highest BCUT2D eigenvalue weighted by Gasteiger charge is 2.13. The fraction of sp³-hybridized carbons (Fsp3) is 0.231. The number of aromatic hydroxyl groups is 1. The molecule has 0 bridgehead atoms. The molecule has 17 heavy (non-hydrogen) atoms. The summed E-state index contributed by atoms with van der Waals surface area (Å²) in [6, 6.07) is 9.00. The van der Waals surface area contributed by atoms with Crippen molar-refractivity contribution in [2.75, 3.05) is 0 Å². The molecule has 1 aromatic heterocycles. The molecule has 2 N–H and O–H groups in total. The third kappa shape index (κ3) is 2.20. The molecule has 0 radical (unpaired) electrons. The highest BCUT2D eigenvalue weighted by molar-refractivity contribution is 5.66. The van der Waals surface area contributed by atoms with E-state index in [4.69, 9.17) is 0 Å². The molecule has 0 saturated carbocycles. The molecule has 4 nitrogen and oxygen atoms in total. The molecule has 88 valence electrons. The second kappa shape index (κ2) is 4.41. The summed E-state index contributed by atoms with van der Waals surface area (Å²) in [6.07, 6.45) is 0. The van der Waals surface area contributed by atoms with E-state index in [1.54, 1.807) is 12.1 Å². The van der Waals surface area contributed by atoms with E-state index >= 15 is 0 Å². The van der Waals surface area contributed by atoms with E-state index in [0.29, 0.717) is 11.4 Å². The Hall–Kier alpha value is -2.10. The second-order valence-electron chi connectivity index (χ2n) is 4.17. The van der Waals surface area contributed by atoms with Crippen molar-refractivity contribution in [3.05, 3.63) is 46.5 Å². The fourth-order valence-electron chi connectivity index (χ4n) is 1.62. The number of nitrogens with zero attached hydrogens (tertiary/aromatic N) is 1. The van der Waals surface area contributed by atoms with E-state index in [9.17, 15) is 9.90 Å². The third-order valence-electron chi connectivity index (χ3n) is 2.53. The zero-order valence-corrected chi connectivity index (χ0v) is 9.77. The van der Waals surface area contributed by atoms with Crippen LogP contribution in [0.15, 0.2) is 35.1 Å². The van der Waals surface area contributed by atoms with Gasteiger partial charge in [-0.25, -0.2) is 0 Å². The molecule has 0 saturated heterocycles. The van der Waals surface area contributed by atoms with Crippen LogP contribution in [-0.2, 0) is 0 Å². The smallest absolute Gasteiger partial charge is 0.262 e. The Balaban J connectivity index is 2.61. The molecule has 4 heteroatoms. The minimum absolute atomic E-state index is 0.0680. The van der Waals surface area contributed by atoms with Gasteiger partial charge in [0.15, 0.2) is 0 Å². The number of hydrogen-bond acceptors (Lipinski definition) is 3. The molecule has 0 amide bonds. The number of rotatable bonds is 2. The van der Waals surface area contributed by atoms with Crippen molar-refractivity contribution in [1.29, 1.82) is 0 Å². The van der Waals surface area contributed by atoms with E-state index in [0.717, 1.165) is 0 Å². The van der Waals surface area contributed by atoms with E-state index in [1.165, 1.54) is 0 Å². The van der Waals surface area contributed by atoms with Crippen molar-refractivity contribution >= 4 is 0 Å². The van der Waals surface area contributed by atoms with Gasteiger partial charge >= 0.3 is 0 Å². The van der Waals surface area contributed by atoms with Crippen LogP contribution < -0.4 is 5.56 Å². The van der Waals surface area contributed by atoms with E-state index in [1.807, 2.05) is 32.0 Å². The quantitative estimate of drug-likeness (QED) is 0.831. The van der Waals surface area contributed by atoms with Crippen molar-refractivity contribution in [3.63, 3.8) is 0 Å². The molecule has 0 aliphatic rings. The first-order chi connectivity index (χ1) is 8.09. The number of hydrogen-bond donors (Lipinski definition) is 2. The van der Waals surface area contributed by atoms with Gasteiger partial charge in [-0.1, -0.05) is 44.2 Å². The Bertz CT molecular complexity index is 574. The van der Waals surface area contributed by atoms with Gasteiger partial charge in [-0.15, -0.1) is 0 Å². The number of nitrogens with one attached hydrogen (secondary N) is 1. The maximum Gasteiger partial charge on any atom is 0.262 e. The van der Waals surface area contributed by atoms with Crippen molar-refractivity contribution in [2.24, 2.45) is 0 Å². The van der Waals surface area contributed by atoms with Crippen LogP contribution in [0.1, 0.15) is 25.6 Å². The van der Waals surface area contributed by atoms with Crippen LogP contribution in [0.3, 0.4) is 0 Å². The molecule has 1 aromatic carbocycles. The Kier molecular flexibility index (Phi) is 2.95. The Labute approximate surface area is 99.0 Å². The molecule has 2 rings (SSSR count). The highest BCUT2D eigenvalue weighted by Crippen LogP contribution is 2.23. The summed E-state index contributed by atoms with van der Waals surface area (Å²) in [5.41, 5.74) is 0.566. The van der Waals surface area contributed by atoms with Gasteiger partial charge in [0.05, 0.1) is 0 Å². The average Bonchev–Trinajstić information content (AvgIpc) is 2.29. The summed E-state index contributed by atoms with van der Waals surface area (Å²) in [6.45, 7) is 3.81. The summed E-state index contributed by atoms with van der Waals surface area (Å²) < 4.78 is 0. The number of benzene rings is 1. The molecular weight excluding hydrogens is 216 g/mol. The summed E-state index contributed by atoms with van der Waals surface area (Å²) in [5.74, 6) is 0.342. The predicted octanol–water partition coefficient (Wildman–Crippen LogP) is 2.27. The van der Waals surface area contributed by atoms with Gasteiger partial charge in [-0.2, -0.15) is 4.98 Å². The first-order valence-electron chi connectivity index (χ1n) is 5.48. The number of aromatic nitrogens is 2. The van der Waals surface area contributed by atoms with Crippen LogP contribution in [0.2, 0.25) is 0 Å². The zero-order chi connectivity index (χ0) is 12.4. The van der Waals surface area contributed by atoms with Gasteiger partial charge in [0.2, 0.25) is 5.88 Å². The van der Waals surface area contributed by atoms with E-state index in [-0.39, 0.29) is 22.9 Å². The number of aromatic amines is 1. The maximum atomic E-state index is 11.9. The van der Waals surface area contributed by atoms with Crippen LogP contribution in [0.25, 0.3) is 11.1 Å². The first kappa shape index (κ1) is 11.4. The maximum absolute atomic E-state index is 11.9. The van der Waals surface area contributed by atoms with Gasteiger partial charge in [-0.3, -0.25) is 4.79 Å². The fourth-order valence-corrected chi connectivity index (χ4v) is 1.62. The lowest BCUT2D eigenvalue weighted by molar-refractivity contribution is 0.448. The van der Waals surface area contributed by atoms with Crippen LogP contribution >= 0.6 is 0 Å². The molecule has 0 unspecified atom stereocenters. The molecule has 0 fully saturated rings. The van der Waals surface area contributed by atoms with Crippen molar-refractivity contribution < 1.29 is 5.11 Å². The molecule has 0 atom stereocenters.